The smallest absolute Gasteiger partial charge is 0.242 e. The van der Waals surface area contributed by atoms with Gasteiger partial charge in [-0.2, -0.15) is 0 Å². The van der Waals surface area contributed by atoms with E-state index in [4.69, 9.17) is 4.74 Å². The van der Waals surface area contributed by atoms with E-state index in [1.807, 2.05) is 44.4 Å². The van der Waals surface area contributed by atoms with Crippen molar-refractivity contribution in [3.63, 3.8) is 0 Å². The Balaban J connectivity index is 1.77. The summed E-state index contributed by atoms with van der Waals surface area (Å²) in [5, 5.41) is 0. The van der Waals surface area contributed by atoms with E-state index in [1.54, 1.807) is 20.2 Å². The Morgan fingerprint density at radius 1 is 1.07 bits per heavy atom. The van der Waals surface area contributed by atoms with Crippen LogP contribution in [0.4, 0.5) is 5.69 Å². The lowest BCUT2D eigenvalue weighted by atomic mass is 10.1. The molecular weight excluding hydrogens is 374 g/mol. The van der Waals surface area contributed by atoms with Gasteiger partial charge in [0.1, 0.15) is 12.4 Å². The topological polar surface area (TPSA) is 53.1 Å². The zero-order valence-electron chi connectivity index (χ0n) is 17.1. The molecule has 0 spiro atoms. The highest BCUT2D eigenvalue weighted by Gasteiger charge is 2.24. The van der Waals surface area contributed by atoms with E-state index < -0.39 is 10.0 Å². The fraction of sp³-hybridized carbons (Fsp3) is 0.429. The molecule has 1 aliphatic rings. The second kappa shape index (κ2) is 8.51. The van der Waals surface area contributed by atoms with Crippen molar-refractivity contribution in [3.8, 4) is 5.75 Å². The number of ether oxygens (including phenoxy) is 1. The van der Waals surface area contributed by atoms with Crippen LogP contribution in [0.2, 0.25) is 0 Å². The summed E-state index contributed by atoms with van der Waals surface area (Å²) >= 11 is 0. The van der Waals surface area contributed by atoms with Gasteiger partial charge in [0.05, 0.1) is 4.90 Å². The summed E-state index contributed by atoms with van der Waals surface area (Å²) in [6, 6.07) is 13.6. The van der Waals surface area contributed by atoms with E-state index in [1.165, 1.54) is 4.31 Å². The summed E-state index contributed by atoms with van der Waals surface area (Å²) in [6.45, 7) is 3.12. The summed E-state index contributed by atoms with van der Waals surface area (Å²) in [7, 11) is 3.77. The van der Waals surface area contributed by atoms with Crippen LogP contribution in [0.5, 0.6) is 5.75 Å². The Labute approximate surface area is 168 Å². The van der Waals surface area contributed by atoms with Crippen LogP contribution >= 0.6 is 0 Å². The fourth-order valence-electron chi connectivity index (χ4n) is 3.30. The Morgan fingerprint density at radius 3 is 2.54 bits per heavy atom. The highest BCUT2D eigenvalue weighted by molar-refractivity contribution is 7.89. The maximum Gasteiger partial charge on any atom is 0.242 e. The number of nitrogens with zero attached hydrogens (tertiary/aromatic N) is 3. The second-order valence-electron chi connectivity index (χ2n) is 7.51. The number of anilines is 1. The van der Waals surface area contributed by atoms with Crippen LogP contribution in [-0.2, 0) is 23.0 Å². The molecule has 0 atom stereocenters. The van der Waals surface area contributed by atoms with Crippen molar-refractivity contribution in [1.82, 2.24) is 9.21 Å². The molecule has 28 heavy (non-hydrogen) atoms. The molecule has 7 heteroatoms. The molecule has 0 unspecified atom stereocenters. The minimum Gasteiger partial charge on any atom is -0.492 e. The van der Waals surface area contributed by atoms with Gasteiger partial charge in [0.2, 0.25) is 10.0 Å². The van der Waals surface area contributed by atoms with E-state index in [-0.39, 0.29) is 0 Å². The van der Waals surface area contributed by atoms with Gasteiger partial charge in [-0.05, 0) is 50.3 Å². The predicted octanol–water partition coefficient (Wildman–Crippen LogP) is 2.44. The number of rotatable bonds is 8. The zero-order valence-corrected chi connectivity index (χ0v) is 17.9. The lowest BCUT2D eigenvalue weighted by Gasteiger charge is -2.22. The van der Waals surface area contributed by atoms with Crippen molar-refractivity contribution in [2.24, 2.45) is 0 Å². The number of para-hydroxylation sites is 1. The van der Waals surface area contributed by atoms with Crippen LogP contribution in [0, 0.1) is 0 Å². The number of benzene rings is 2. The van der Waals surface area contributed by atoms with Gasteiger partial charge in [-0.25, -0.2) is 12.7 Å². The van der Waals surface area contributed by atoms with E-state index in [2.05, 4.69) is 15.9 Å². The first-order valence-electron chi connectivity index (χ1n) is 9.45. The van der Waals surface area contributed by atoms with Crippen molar-refractivity contribution in [2.45, 2.75) is 17.9 Å². The molecule has 0 aliphatic carbocycles. The molecule has 6 nitrogen and oxygen atoms in total. The molecule has 3 rings (SSSR count). The van der Waals surface area contributed by atoms with Crippen molar-refractivity contribution in [2.75, 3.05) is 52.8 Å². The van der Waals surface area contributed by atoms with Crippen LogP contribution in [0.25, 0.3) is 0 Å². The molecule has 0 saturated heterocycles. The summed E-state index contributed by atoms with van der Waals surface area (Å²) in [5.74, 6) is 0.907. The van der Waals surface area contributed by atoms with E-state index in [0.717, 1.165) is 48.6 Å². The molecule has 0 radical (unpaired) electrons. The Morgan fingerprint density at radius 2 is 1.82 bits per heavy atom. The van der Waals surface area contributed by atoms with Crippen LogP contribution in [0.3, 0.4) is 0 Å². The monoisotopic (exact) mass is 403 g/mol. The second-order valence-corrected chi connectivity index (χ2v) is 9.66. The first-order valence-corrected chi connectivity index (χ1v) is 10.9. The molecule has 1 aliphatic heterocycles. The van der Waals surface area contributed by atoms with Gasteiger partial charge < -0.3 is 14.5 Å². The molecule has 0 fully saturated rings. The number of hydrogen-bond donors (Lipinski definition) is 0. The molecular formula is C21H29N3O3S. The SMILES string of the molecule is CN(C)CCOc1ccccc1CN1CCc2cc(S(=O)(=O)N(C)C)ccc21. The van der Waals surface area contributed by atoms with Gasteiger partial charge in [-0.1, -0.05) is 18.2 Å². The highest BCUT2D eigenvalue weighted by atomic mass is 32.2. The Bertz CT molecular complexity index is 926. The summed E-state index contributed by atoms with van der Waals surface area (Å²) in [4.78, 5) is 4.74. The van der Waals surface area contributed by atoms with E-state index >= 15 is 0 Å². The summed E-state index contributed by atoms with van der Waals surface area (Å²) in [5.41, 5.74) is 3.31. The number of sulfonamides is 1. The summed E-state index contributed by atoms with van der Waals surface area (Å²) in [6.07, 6.45) is 0.843. The minimum absolute atomic E-state index is 0.352. The van der Waals surface area contributed by atoms with E-state index in [0.29, 0.717) is 11.5 Å². The highest BCUT2D eigenvalue weighted by Crippen LogP contribution is 2.33. The van der Waals surface area contributed by atoms with Crippen LogP contribution in [-0.4, -0.2) is 65.5 Å². The van der Waals surface area contributed by atoms with Gasteiger partial charge in [0.25, 0.3) is 0 Å². The lowest BCUT2D eigenvalue weighted by Crippen LogP contribution is -2.23. The Kier molecular flexibility index (Phi) is 6.27. The average molecular weight is 404 g/mol. The minimum atomic E-state index is -3.41. The average Bonchev–Trinajstić information content (AvgIpc) is 3.05. The third-order valence-corrected chi connectivity index (χ3v) is 6.76. The lowest BCUT2D eigenvalue weighted by molar-refractivity contribution is 0.259. The van der Waals surface area contributed by atoms with Crippen LogP contribution in [0.1, 0.15) is 11.1 Å². The summed E-state index contributed by atoms with van der Waals surface area (Å²) < 4.78 is 32.0. The molecule has 0 aromatic heterocycles. The zero-order chi connectivity index (χ0) is 20.3. The third-order valence-electron chi connectivity index (χ3n) is 4.95. The molecule has 0 bridgehead atoms. The van der Waals surface area contributed by atoms with Gasteiger partial charge >= 0.3 is 0 Å². The van der Waals surface area contributed by atoms with Crippen molar-refractivity contribution < 1.29 is 13.2 Å². The normalized spacial score (nSPS) is 14.0. The molecule has 0 saturated carbocycles. The van der Waals surface area contributed by atoms with Crippen molar-refractivity contribution >= 4 is 15.7 Å². The Hall–Kier alpha value is -2.09. The van der Waals surface area contributed by atoms with Crippen molar-refractivity contribution in [1.29, 1.82) is 0 Å². The quantitative estimate of drug-likeness (QED) is 0.678. The van der Waals surface area contributed by atoms with Gasteiger partial charge in [0, 0.05) is 45.0 Å². The standard InChI is InChI=1S/C21H29N3O3S/c1-22(2)13-14-27-21-8-6-5-7-18(21)16-24-12-11-17-15-19(9-10-20(17)24)28(25,26)23(3)4/h5-10,15H,11-14,16H2,1-4H3. The molecule has 1 heterocycles. The molecule has 2 aromatic rings. The fourth-order valence-corrected chi connectivity index (χ4v) is 4.25. The maximum absolute atomic E-state index is 12.4. The first-order chi connectivity index (χ1) is 13.3. The molecule has 0 N–H and O–H groups in total. The van der Waals surface area contributed by atoms with Gasteiger partial charge in [0.15, 0.2) is 0 Å². The van der Waals surface area contributed by atoms with Crippen LogP contribution < -0.4 is 9.64 Å². The van der Waals surface area contributed by atoms with Gasteiger partial charge in [-0.15, -0.1) is 0 Å². The van der Waals surface area contributed by atoms with Crippen molar-refractivity contribution in [3.05, 3.63) is 53.6 Å². The number of hydrogen-bond acceptors (Lipinski definition) is 5. The maximum atomic E-state index is 12.4. The first kappa shape index (κ1) is 20.6. The number of likely N-dealkylation sites (N-methyl/N-ethyl adjacent to an activating group) is 1. The predicted molar refractivity (Wildman–Crippen MR) is 113 cm³/mol. The van der Waals surface area contributed by atoms with Gasteiger partial charge in [-0.3, -0.25) is 0 Å². The molecule has 0 amide bonds. The largest absolute Gasteiger partial charge is 0.492 e. The molecule has 2 aromatic carbocycles. The van der Waals surface area contributed by atoms with E-state index in [9.17, 15) is 8.42 Å². The molecule has 152 valence electrons. The third kappa shape index (κ3) is 4.48. The van der Waals surface area contributed by atoms with Crippen LogP contribution in [0.15, 0.2) is 47.4 Å². The number of fused-ring (bicyclic) bond motifs is 1.